The third-order valence-corrected chi connectivity index (χ3v) is 6.58. The van der Waals surface area contributed by atoms with E-state index < -0.39 is 28.0 Å². The summed E-state index contributed by atoms with van der Waals surface area (Å²) in [5.74, 6) is -1.24. The molecule has 3 aromatic carbocycles. The highest BCUT2D eigenvalue weighted by Crippen LogP contribution is 2.23. The smallest absolute Gasteiger partial charge is 0.339 e. The summed E-state index contributed by atoms with van der Waals surface area (Å²) in [5, 5.41) is 2.77. The van der Waals surface area contributed by atoms with E-state index in [0.717, 1.165) is 9.87 Å². The molecule has 0 aliphatic heterocycles. The van der Waals surface area contributed by atoms with Crippen LogP contribution in [0.1, 0.15) is 27.6 Å². The van der Waals surface area contributed by atoms with Gasteiger partial charge in [-0.1, -0.05) is 48.0 Å². The SMILES string of the molecule is Cc1ccc(NC(=O)C(OC(=O)c2ccc(S(=O)(=O)N(C)C)cc2)c2ccccc2)cc1. The van der Waals surface area contributed by atoms with E-state index in [1.807, 2.05) is 19.1 Å². The molecule has 3 rings (SSSR count). The van der Waals surface area contributed by atoms with E-state index in [0.29, 0.717) is 11.3 Å². The molecule has 1 atom stereocenters. The first kappa shape index (κ1) is 23.2. The van der Waals surface area contributed by atoms with Crippen molar-refractivity contribution in [3.05, 3.63) is 95.6 Å². The Kier molecular flexibility index (Phi) is 7.07. The van der Waals surface area contributed by atoms with Gasteiger partial charge < -0.3 is 10.1 Å². The Bertz CT molecular complexity index is 1190. The number of sulfonamides is 1. The van der Waals surface area contributed by atoms with Gasteiger partial charge >= 0.3 is 5.97 Å². The Morgan fingerprint density at radius 1 is 0.875 bits per heavy atom. The van der Waals surface area contributed by atoms with E-state index in [-0.39, 0.29) is 10.5 Å². The minimum Gasteiger partial charge on any atom is -0.444 e. The molecule has 0 bridgehead atoms. The van der Waals surface area contributed by atoms with E-state index in [2.05, 4.69) is 5.32 Å². The standard InChI is InChI=1S/C24H24N2O5S/c1-17-9-13-20(14-10-17)25-23(27)22(18-7-5-4-6-8-18)31-24(28)19-11-15-21(16-12-19)32(29,30)26(2)3/h4-16,22H,1-3H3,(H,25,27). The summed E-state index contributed by atoms with van der Waals surface area (Å²) in [4.78, 5) is 25.8. The lowest BCUT2D eigenvalue weighted by atomic mass is 10.1. The number of hydrogen-bond donors (Lipinski definition) is 1. The number of nitrogens with zero attached hydrogens (tertiary/aromatic N) is 1. The Morgan fingerprint density at radius 3 is 2.03 bits per heavy atom. The summed E-state index contributed by atoms with van der Waals surface area (Å²) in [7, 11) is -0.769. The summed E-state index contributed by atoms with van der Waals surface area (Å²) in [5.41, 5.74) is 2.27. The number of benzene rings is 3. The number of nitrogens with one attached hydrogen (secondary N) is 1. The number of ether oxygens (including phenoxy) is 1. The number of anilines is 1. The molecule has 1 N–H and O–H groups in total. The van der Waals surface area contributed by atoms with E-state index in [1.165, 1.54) is 38.4 Å². The minimum atomic E-state index is -3.62. The van der Waals surface area contributed by atoms with Crippen LogP contribution in [0.4, 0.5) is 5.69 Å². The van der Waals surface area contributed by atoms with Gasteiger partial charge in [-0.3, -0.25) is 4.79 Å². The van der Waals surface area contributed by atoms with Gasteiger partial charge in [0, 0.05) is 25.3 Å². The summed E-state index contributed by atoms with van der Waals surface area (Å²) >= 11 is 0. The summed E-state index contributed by atoms with van der Waals surface area (Å²) in [6.07, 6.45) is -1.19. The first-order valence-electron chi connectivity index (χ1n) is 9.84. The van der Waals surface area contributed by atoms with Crippen LogP contribution in [-0.4, -0.2) is 38.7 Å². The lowest BCUT2D eigenvalue weighted by Crippen LogP contribution is -2.26. The van der Waals surface area contributed by atoms with Crippen LogP contribution in [0.3, 0.4) is 0 Å². The zero-order chi connectivity index (χ0) is 23.3. The number of amides is 1. The molecule has 0 aromatic heterocycles. The van der Waals surface area contributed by atoms with Crippen LogP contribution in [0.5, 0.6) is 0 Å². The normalized spacial score (nSPS) is 12.2. The Balaban J connectivity index is 1.82. The zero-order valence-corrected chi connectivity index (χ0v) is 18.8. The molecular weight excluding hydrogens is 428 g/mol. The second-order valence-corrected chi connectivity index (χ2v) is 9.51. The van der Waals surface area contributed by atoms with E-state index in [1.54, 1.807) is 42.5 Å². The molecular formula is C24H24N2O5S. The maximum absolute atomic E-state index is 13.0. The zero-order valence-electron chi connectivity index (χ0n) is 18.0. The van der Waals surface area contributed by atoms with Crippen molar-refractivity contribution in [3.63, 3.8) is 0 Å². The second kappa shape index (κ2) is 9.76. The fraction of sp³-hybridized carbons (Fsp3) is 0.167. The van der Waals surface area contributed by atoms with Crippen molar-refractivity contribution >= 4 is 27.6 Å². The lowest BCUT2D eigenvalue weighted by Gasteiger charge is -2.18. The van der Waals surface area contributed by atoms with Crippen LogP contribution in [0, 0.1) is 6.92 Å². The maximum atomic E-state index is 13.0. The fourth-order valence-corrected chi connectivity index (χ4v) is 3.80. The van der Waals surface area contributed by atoms with Gasteiger partial charge in [0.1, 0.15) is 0 Å². The molecule has 0 spiro atoms. The molecule has 3 aromatic rings. The molecule has 8 heteroatoms. The molecule has 0 aliphatic carbocycles. The number of hydrogen-bond acceptors (Lipinski definition) is 5. The Hall–Kier alpha value is -3.49. The highest BCUT2D eigenvalue weighted by Gasteiger charge is 2.26. The van der Waals surface area contributed by atoms with Crippen LogP contribution in [0.15, 0.2) is 83.8 Å². The average Bonchev–Trinajstić information content (AvgIpc) is 2.79. The third kappa shape index (κ3) is 5.40. The van der Waals surface area contributed by atoms with Crippen molar-refractivity contribution in [2.75, 3.05) is 19.4 Å². The van der Waals surface area contributed by atoms with E-state index >= 15 is 0 Å². The van der Waals surface area contributed by atoms with Gasteiger partial charge in [0.05, 0.1) is 10.5 Å². The largest absolute Gasteiger partial charge is 0.444 e. The van der Waals surface area contributed by atoms with Crippen molar-refractivity contribution < 1.29 is 22.7 Å². The molecule has 166 valence electrons. The molecule has 0 saturated heterocycles. The molecule has 0 fully saturated rings. The highest BCUT2D eigenvalue weighted by molar-refractivity contribution is 7.89. The summed E-state index contributed by atoms with van der Waals surface area (Å²) in [6.45, 7) is 1.94. The van der Waals surface area contributed by atoms with Gasteiger partial charge in [-0.2, -0.15) is 0 Å². The molecule has 0 heterocycles. The minimum absolute atomic E-state index is 0.0516. The van der Waals surface area contributed by atoms with Crippen LogP contribution in [0.25, 0.3) is 0 Å². The van der Waals surface area contributed by atoms with Crippen molar-refractivity contribution in [2.24, 2.45) is 0 Å². The van der Waals surface area contributed by atoms with E-state index in [4.69, 9.17) is 4.74 Å². The van der Waals surface area contributed by atoms with Crippen LogP contribution >= 0.6 is 0 Å². The number of carbonyl (C=O) groups is 2. The predicted molar refractivity (Wildman–Crippen MR) is 122 cm³/mol. The highest BCUT2D eigenvalue weighted by atomic mass is 32.2. The van der Waals surface area contributed by atoms with Crippen molar-refractivity contribution in [2.45, 2.75) is 17.9 Å². The van der Waals surface area contributed by atoms with Crippen molar-refractivity contribution in [1.82, 2.24) is 4.31 Å². The van der Waals surface area contributed by atoms with Crippen molar-refractivity contribution in [3.8, 4) is 0 Å². The van der Waals surface area contributed by atoms with Gasteiger partial charge in [0.15, 0.2) is 0 Å². The number of esters is 1. The Labute approximate surface area is 187 Å². The molecule has 1 unspecified atom stereocenters. The Morgan fingerprint density at radius 2 is 1.47 bits per heavy atom. The molecule has 7 nitrogen and oxygen atoms in total. The number of aryl methyl sites for hydroxylation is 1. The second-order valence-electron chi connectivity index (χ2n) is 7.36. The molecule has 1 amide bonds. The first-order chi connectivity index (χ1) is 15.2. The van der Waals surface area contributed by atoms with Crippen LogP contribution < -0.4 is 5.32 Å². The van der Waals surface area contributed by atoms with Crippen molar-refractivity contribution in [1.29, 1.82) is 0 Å². The van der Waals surface area contributed by atoms with Crippen LogP contribution in [-0.2, 0) is 19.6 Å². The third-order valence-electron chi connectivity index (χ3n) is 4.75. The fourth-order valence-electron chi connectivity index (χ4n) is 2.89. The topological polar surface area (TPSA) is 92.8 Å². The number of rotatable bonds is 7. The predicted octanol–water partition coefficient (Wildman–Crippen LogP) is 3.78. The molecule has 0 aliphatic rings. The molecule has 0 radical (unpaired) electrons. The first-order valence-corrected chi connectivity index (χ1v) is 11.3. The average molecular weight is 453 g/mol. The van der Waals surface area contributed by atoms with E-state index in [9.17, 15) is 18.0 Å². The molecule has 0 saturated carbocycles. The lowest BCUT2D eigenvalue weighted by molar-refractivity contribution is -0.125. The maximum Gasteiger partial charge on any atom is 0.339 e. The van der Waals surface area contributed by atoms with Gasteiger partial charge in [-0.25, -0.2) is 17.5 Å². The van der Waals surface area contributed by atoms with Gasteiger partial charge in [0.25, 0.3) is 5.91 Å². The molecule has 32 heavy (non-hydrogen) atoms. The monoisotopic (exact) mass is 452 g/mol. The summed E-state index contributed by atoms with van der Waals surface area (Å²) in [6, 6.07) is 21.3. The number of carbonyl (C=O) groups excluding carboxylic acids is 2. The van der Waals surface area contributed by atoms with Crippen LogP contribution in [0.2, 0.25) is 0 Å². The van der Waals surface area contributed by atoms with Gasteiger partial charge in [-0.05, 0) is 43.3 Å². The van der Waals surface area contributed by atoms with Gasteiger partial charge in [-0.15, -0.1) is 0 Å². The summed E-state index contributed by atoms with van der Waals surface area (Å²) < 4.78 is 31.1. The van der Waals surface area contributed by atoms with Gasteiger partial charge in [0.2, 0.25) is 16.1 Å². The quantitative estimate of drug-likeness (QED) is 0.551.